The van der Waals surface area contributed by atoms with Crippen molar-refractivity contribution in [3.8, 4) is 16.2 Å². The van der Waals surface area contributed by atoms with Gasteiger partial charge in [0.1, 0.15) is 5.75 Å². The zero-order valence-corrected chi connectivity index (χ0v) is 22.3. The highest BCUT2D eigenvalue weighted by Gasteiger charge is 2.19. The van der Waals surface area contributed by atoms with Crippen molar-refractivity contribution in [3.63, 3.8) is 0 Å². The van der Waals surface area contributed by atoms with Crippen LogP contribution in [-0.4, -0.2) is 39.6 Å². The van der Waals surface area contributed by atoms with Crippen LogP contribution < -0.4 is 5.43 Å². The quantitative estimate of drug-likeness (QED) is 0.205. The summed E-state index contributed by atoms with van der Waals surface area (Å²) < 4.78 is 0. The van der Waals surface area contributed by atoms with Gasteiger partial charge in [-0.25, -0.2) is 5.43 Å². The average molecular weight is 560 g/mol. The van der Waals surface area contributed by atoms with Gasteiger partial charge in [0.25, 0.3) is 11.8 Å². The molecule has 1 aromatic carbocycles. The number of hydrogen-bond acceptors (Lipinski definition) is 7. The summed E-state index contributed by atoms with van der Waals surface area (Å²) in [7, 11) is 1.68. The van der Waals surface area contributed by atoms with E-state index in [-0.39, 0.29) is 11.7 Å². The van der Waals surface area contributed by atoms with Crippen molar-refractivity contribution in [1.82, 2.24) is 15.3 Å². The van der Waals surface area contributed by atoms with Crippen molar-refractivity contribution in [2.45, 2.75) is 13.5 Å². The zero-order valence-electron chi connectivity index (χ0n) is 19.2. The molecule has 0 aliphatic heterocycles. The number of hydrogen-bond donors (Lipinski definition) is 2. The monoisotopic (exact) mass is 558 g/mol. The Morgan fingerprint density at radius 2 is 1.89 bits per heavy atom. The number of aromatic hydroxyl groups is 1. The van der Waals surface area contributed by atoms with E-state index in [4.69, 9.17) is 23.2 Å². The van der Waals surface area contributed by atoms with Gasteiger partial charge in [-0.05, 0) is 48.9 Å². The molecule has 184 valence electrons. The molecule has 0 fully saturated rings. The van der Waals surface area contributed by atoms with E-state index in [9.17, 15) is 14.7 Å². The maximum atomic E-state index is 12.7. The molecule has 4 aromatic rings. The first-order valence-electron chi connectivity index (χ1n) is 10.6. The summed E-state index contributed by atoms with van der Waals surface area (Å²) in [6.45, 7) is 2.04. The van der Waals surface area contributed by atoms with Crippen LogP contribution in [0.15, 0.2) is 65.2 Å². The summed E-state index contributed by atoms with van der Waals surface area (Å²) in [5.74, 6) is -0.624. The van der Waals surface area contributed by atoms with Gasteiger partial charge in [-0.3, -0.25) is 14.6 Å². The molecule has 3 aromatic heterocycles. The Bertz CT molecular complexity index is 1450. The standard InChI is InChI=1S/C25H20Cl2N4O3S2/c1-14(17-13-35-23(22(17)32)15-6-7-18(26)19(27)11-15)29-30-24(33)20-8-9-21(36-20)25(34)31(2)12-16-5-3-4-10-28-16/h3-11,13,32H,12H2,1-2H3,(H,30,33)/b29-14-. The molecule has 0 saturated carbocycles. The zero-order chi connectivity index (χ0) is 25.8. The van der Waals surface area contributed by atoms with Crippen LogP contribution in [0.4, 0.5) is 0 Å². The van der Waals surface area contributed by atoms with Crippen LogP contribution in [0.2, 0.25) is 10.0 Å². The van der Waals surface area contributed by atoms with Crippen LogP contribution in [0.3, 0.4) is 0 Å². The molecule has 3 heterocycles. The largest absolute Gasteiger partial charge is 0.506 e. The minimum absolute atomic E-state index is 0.0360. The maximum Gasteiger partial charge on any atom is 0.281 e. The molecule has 0 saturated heterocycles. The third-order valence-electron chi connectivity index (χ3n) is 5.17. The molecule has 0 atom stereocenters. The topological polar surface area (TPSA) is 94.9 Å². The molecule has 7 nitrogen and oxygen atoms in total. The molecule has 0 spiro atoms. The fourth-order valence-electron chi connectivity index (χ4n) is 3.27. The lowest BCUT2D eigenvalue weighted by Gasteiger charge is -2.15. The lowest BCUT2D eigenvalue weighted by molar-refractivity contribution is 0.0788. The Hall–Kier alpha value is -3.24. The third kappa shape index (κ3) is 5.76. The third-order valence-corrected chi connectivity index (χ3v) is 8.00. The smallest absolute Gasteiger partial charge is 0.281 e. The number of thiophene rings is 2. The molecular weight excluding hydrogens is 539 g/mol. The fraction of sp³-hybridized carbons (Fsp3) is 0.120. The first-order valence-corrected chi connectivity index (χ1v) is 13.1. The highest BCUT2D eigenvalue weighted by molar-refractivity contribution is 7.16. The second-order valence-electron chi connectivity index (χ2n) is 7.74. The number of halogens is 2. The summed E-state index contributed by atoms with van der Waals surface area (Å²) in [4.78, 5) is 32.5. The second kappa shape index (κ2) is 11.2. The molecule has 4 rings (SSSR count). The molecule has 0 unspecified atom stereocenters. The highest BCUT2D eigenvalue weighted by atomic mass is 35.5. The maximum absolute atomic E-state index is 12.7. The number of carbonyl (C=O) groups excluding carboxylic acids is 2. The number of nitrogens with zero attached hydrogens (tertiary/aromatic N) is 3. The summed E-state index contributed by atoms with van der Waals surface area (Å²) in [5, 5.41) is 17.4. The number of hydrazone groups is 1. The lowest BCUT2D eigenvalue weighted by Crippen LogP contribution is -2.25. The Morgan fingerprint density at radius 1 is 1.11 bits per heavy atom. The predicted octanol–water partition coefficient (Wildman–Crippen LogP) is 6.31. The molecule has 0 radical (unpaired) electrons. The fourth-order valence-corrected chi connectivity index (χ4v) is 5.46. The Labute approximate surface area is 225 Å². The van der Waals surface area contributed by atoms with E-state index in [0.29, 0.717) is 42.5 Å². The second-order valence-corrected chi connectivity index (χ2v) is 10.5. The number of benzene rings is 1. The number of rotatable bonds is 7. The molecular formula is C25H20Cl2N4O3S2. The number of amides is 2. The molecule has 2 amide bonds. The van der Waals surface area contributed by atoms with Gasteiger partial charge in [-0.1, -0.05) is 35.3 Å². The minimum atomic E-state index is -0.454. The van der Waals surface area contributed by atoms with E-state index in [2.05, 4.69) is 15.5 Å². The van der Waals surface area contributed by atoms with E-state index >= 15 is 0 Å². The van der Waals surface area contributed by atoms with Gasteiger partial charge in [0, 0.05) is 18.6 Å². The van der Waals surface area contributed by atoms with Crippen molar-refractivity contribution < 1.29 is 14.7 Å². The summed E-state index contributed by atoms with van der Waals surface area (Å²) in [5.41, 5.74) is 4.89. The van der Waals surface area contributed by atoms with E-state index in [1.54, 1.807) is 60.8 Å². The van der Waals surface area contributed by atoms with Crippen molar-refractivity contribution in [2.75, 3.05) is 7.05 Å². The van der Waals surface area contributed by atoms with Gasteiger partial charge >= 0.3 is 0 Å². The number of pyridine rings is 1. The van der Waals surface area contributed by atoms with Crippen molar-refractivity contribution >= 4 is 63.4 Å². The van der Waals surface area contributed by atoms with Crippen molar-refractivity contribution in [2.24, 2.45) is 5.10 Å². The van der Waals surface area contributed by atoms with Crippen molar-refractivity contribution in [1.29, 1.82) is 0 Å². The molecule has 0 aliphatic rings. The highest BCUT2D eigenvalue weighted by Crippen LogP contribution is 2.40. The van der Waals surface area contributed by atoms with Crippen molar-refractivity contribution in [3.05, 3.63) is 91.2 Å². The number of carbonyl (C=O) groups is 2. The van der Waals surface area contributed by atoms with Crippen LogP contribution in [0.5, 0.6) is 5.75 Å². The van der Waals surface area contributed by atoms with Gasteiger partial charge < -0.3 is 10.0 Å². The van der Waals surface area contributed by atoms with Gasteiger partial charge in [-0.15, -0.1) is 22.7 Å². The summed E-state index contributed by atoms with van der Waals surface area (Å²) in [6.07, 6.45) is 1.67. The van der Waals surface area contributed by atoms with E-state index in [1.165, 1.54) is 11.3 Å². The molecule has 11 heteroatoms. The van der Waals surface area contributed by atoms with E-state index in [0.717, 1.165) is 22.6 Å². The summed E-state index contributed by atoms with van der Waals surface area (Å²) in [6, 6.07) is 13.8. The molecule has 36 heavy (non-hydrogen) atoms. The first kappa shape index (κ1) is 25.8. The number of aromatic nitrogens is 1. The van der Waals surface area contributed by atoms with E-state index < -0.39 is 5.91 Å². The Balaban J connectivity index is 1.42. The van der Waals surface area contributed by atoms with Gasteiger partial charge in [0.05, 0.1) is 48.2 Å². The normalized spacial score (nSPS) is 11.4. The first-order chi connectivity index (χ1) is 17.2. The van der Waals surface area contributed by atoms with E-state index in [1.807, 2.05) is 18.2 Å². The van der Waals surface area contributed by atoms with Crippen LogP contribution in [0.1, 0.15) is 37.5 Å². The van der Waals surface area contributed by atoms with Crippen LogP contribution >= 0.6 is 45.9 Å². The van der Waals surface area contributed by atoms with Crippen LogP contribution in [0.25, 0.3) is 10.4 Å². The van der Waals surface area contributed by atoms with Gasteiger partial charge in [0.2, 0.25) is 0 Å². The average Bonchev–Trinajstić information content (AvgIpc) is 3.51. The Morgan fingerprint density at radius 3 is 2.61 bits per heavy atom. The predicted molar refractivity (Wildman–Crippen MR) is 145 cm³/mol. The minimum Gasteiger partial charge on any atom is -0.506 e. The van der Waals surface area contributed by atoms with Gasteiger partial charge in [-0.2, -0.15) is 5.10 Å². The lowest BCUT2D eigenvalue weighted by atomic mass is 10.1. The van der Waals surface area contributed by atoms with Crippen LogP contribution in [0, 0.1) is 0 Å². The molecule has 0 aliphatic carbocycles. The SMILES string of the molecule is C/C(=N/NC(=O)c1ccc(C(=O)N(C)Cc2ccccn2)s1)c1csc(-c2ccc(Cl)c(Cl)c2)c1O. The summed E-state index contributed by atoms with van der Waals surface area (Å²) >= 11 is 14.5. The van der Waals surface area contributed by atoms with Gasteiger partial charge in [0.15, 0.2) is 0 Å². The molecule has 0 bridgehead atoms. The Kier molecular flexibility index (Phi) is 8.05. The van der Waals surface area contributed by atoms with Crippen LogP contribution in [-0.2, 0) is 6.54 Å². The molecule has 2 N–H and O–H groups in total. The number of nitrogens with one attached hydrogen (secondary N) is 1.